The number of nitrogen functional groups attached to an aromatic ring is 1. The number of methoxy groups -OCH3 is 1. The van der Waals surface area contributed by atoms with Gasteiger partial charge in [-0.1, -0.05) is 12.1 Å². The molecule has 0 radical (unpaired) electrons. The zero-order valence-corrected chi connectivity index (χ0v) is 13.2. The molecule has 3 aromatic rings. The van der Waals surface area contributed by atoms with E-state index in [2.05, 4.69) is 15.0 Å². The van der Waals surface area contributed by atoms with Crippen molar-refractivity contribution in [3.05, 3.63) is 36.2 Å². The number of hydrogen-bond donors (Lipinski definition) is 1. The maximum atomic E-state index is 5.92. The van der Waals surface area contributed by atoms with Gasteiger partial charge in [-0.05, 0) is 24.6 Å². The van der Waals surface area contributed by atoms with Gasteiger partial charge >= 0.3 is 6.01 Å². The quantitative estimate of drug-likeness (QED) is 0.749. The minimum absolute atomic E-state index is 0.277. The highest BCUT2D eigenvalue weighted by Crippen LogP contribution is 2.19. The van der Waals surface area contributed by atoms with Crippen LogP contribution in [-0.2, 0) is 13.0 Å². The summed E-state index contributed by atoms with van der Waals surface area (Å²) in [6.45, 7) is 3.25. The molecule has 2 N–H and O–H groups in total. The number of aryl methyl sites for hydroxylation is 1. The van der Waals surface area contributed by atoms with Crippen LogP contribution in [0.5, 0.6) is 11.8 Å². The van der Waals surface area contributed by atoms with E-state index in [4.69, 9.17) is 15.2 Å². The molecule has 23 heavy (non-hydrogen) atoms. The fraction of sp³-hybridized carbons (Fsp3) is 0.312. The van der Waals surface area contributed by atoms with E-state index < -0.39 is 0 Å². The molecule has 0 spiro atoms. The largest absolute Gasteiger partial charge is 0.497 e. The first-order valence-corrected chi connectivity index (χ1v) is 7.45. The van der Waals surface area contributed by atoms with Crippen LogP contribution in [0.2, 0.25) is 0 Å². The second-order valence-corrected chi connectivity index (χ2v) is 5.04. The van der Waals surface area contributed by atoms with E-state index in [0.29, 0.717) is 23.6 Å². The Morgan fingerprint density at radius 1 is 1.17 bits per heavy atom. The monoisotopic (exact) mass is 313 g/mol. The van der Waals surface area contributed by atoms with E-state index in [1.54, 1.807) is 13.4 Å². The minimum Gasteiger partial charge on any atom is -0.497 e. The van der Waals surface area contributed by atoms with Gasteiger partial charge in [0, 0.05) is 13.0 Å². The summed E-state index contributed by atoms with van der Waals surface area (Å²) in [6.07, 6.45) is 2.45. The van der Waals surface area contributed by atoms with E-state index in [1.807, 2.05) is 35.8 Å². The Kier molecular flexibility index (Phi) is 4.27. The average Bonchev–Trinajstić information content (AvgIpc) is 2.99. The zero-order valence-electron chi connectivity index (χ0n) is 13.2. The van der Waals surface area contributed by atoms with Crippen LogP contribution in [0.15, 0.2) is 30.6 Å². The van der Waals surface area contributed by atoms with Crippen molar-refractivity contribution in [2.45, 2.75) is 19.9 Å². The molecule has 0 saturated carbocycles. The van der Waals surface area contributed by atoms with Crippen molar-refractivity contribution >= 4 is 17.0 Å². The lowest BCUT2D eigenvalue weighted by molar-refractivity contribution is 0.297. The minimum atomic E-state index is 0.277. The fourth-order valence-corrected chi connectivity index (χ4v) is 2.29. The molecule has 0 saturated heterocycles. The Morgan fingerprint density at radius 3 is 2.65 bits per heavy atom. The van der Waals surface area contributed by atoms with Crippen molar-refractivity contribution in [2.75, 3.05) is 19.5 Å². The number of benzene rings is 1. The Labute approximate surface area is 134 Å². The van der Waals surface area contributed by atoms with Crippen molar-refractivity contribution in [2.24, 2.45) is 0 Å². The molecule has 0 atom stereocenters. The van der Waals surface area contributed by atoms with Crippen LogP contribution < -0.4 is 15.2 Å². The van der Waals surface area contributed by atoms with Crippen LogP contribution in [0, 0.1) is 0 Å². The second-order valence-electron chi connectivity index (χ2n) is 5.04. The highest BCUT2D eigenvalue weighted by atomic mass is 16.5. The summed E-state index contributed by atoms with van der Waals surface area (Å²) in [7, 11) is 1.65. The van der Waals surface area contributed by atoms with E-state index in [9.17, 15) is 0 Å². The van der Waals surface area contributed by atoms with Crippen LogP contribution in [0.25, 0.3) is 11.2 Å². The van der Waals surface area contributed by atoms with Gasteiger partial charge in [-0.15, -0.1) is 0 Å². The van der Waals surface area contributed by atoms with Crippen molar-refractivity contribution in [1.82, 2.24) is 19.5 Å². The number of ether oxygens (including phenoxy) is 2. The molecule has 7 heteroatoms. The molecule has 2 heterocycles. The Balaban J connectivity index is 1.68. The highest BCUT2D eigenvalue weighted by Gasteiger charge is 2.11. The topological polar surface area (TPSA) is 88.1 Å². The van der Waals surface area contributed by atoms with Crippen LogP contribution in [-0.4, -0.2) is 33.2 Å². The molecule has 0 aliphatic heterocycles. The van der Waals surface area contributed by atoms with Crippen molar-refractivity contribution < 1.29 is 9.47 Å². The van der Waals surface area contributed by atoms with Gasteiger partial charge < -0.3 is 19.8 Å². The average molecular weight is 313 g/mol. The Morgan fingerprint density at radius 2 is 1.96 bits per heavy atom. The summed E-state index contributed by atoms with van der Waals surface area (Å²) < 4.78 is 12.7. The molecule has 0 fully saturated rings. The molecule has 0 amide bonds. The molecule has 7 nitrogen and oxygen atoms in total. The SMILES string of the molecule is CCn1cnc2c(N)nc(OCCc3ccc(OC)cc3)nc21. The summed E-state index contributed by atoms with van der Waals surface area (Å²) in [5.74, 6) is 1.17. The molecule has 0 unspecified atom stereocenters. The van der Waals surface area contributed by atoms with E-state index >= 15 is 0 Å². The maximum Gasteiger partial charge on any atom is 0.320 e. The number of imidazole rings is 1. The van der Waals surface area contributed by atoms with Crippen LogP contribution in [0.3, 0.4) is 0 Å². The summed E-state index contributed by atoms with van der Waals surface area (Å²) >= 11 is 0. The smallest absolute Gasteiger partial charge is 0.320 e. The van der Waals surface area contributed by atoms with Gasteiger partial charge in [0.1, 0.15) is 11.3 Å². The van der Waals surface area contributed by atoms with Crippen molar-refractivity contribution in [3.8, 4) is 11.8 Å². The molecule has 0 aliphatic rings. The maximum absolute atomic E-state index is 5.92. The summed E-state index contributed by atoms with van der Waals surface area (Å²) in [4.78, 5) is 12.8. The number of nitrogens with two attached hydrogens (primary N) is 1. The number of aromatic nitrogens is 4. The summed E-state index contributed by atoms with van der Waals surface area (Å²) in [5, 5.41) is 0. The molecule has 0 bridgehead atoms. The van der Waals surface area contributed by atoms with Crippen LogP contribution in [0.4, 0.5) is 5.82 Å². The van der Waals surface area contributed by atoms with Gasteiger partial charge in [0.2, 0.25) is 0 Å². The number of rotatable bonds is 6. The van der Waals surface area contributed by atoms with Gasteiger partial charge in [0.05, 0.1) is 20.0 Å². The first kappa shape index (κ1) is 15.1. The Hall–Kier alpha value is -2.83. The third kappa shape index (κ3) is 3.18. The van der Waals surface area contributed by atoms with Gasteiger partial charge in [0.15, 0.2) is 11.5 Å². The second kappa shape index (κ2) is 6.51. The standard InChI is InChI=1S/C16H19N5O2/c1-3-21-10-18-13-14(17)19-16(20-15(13)21)23-9-8-11-4-6-12(22-2)7-5-11/h4-7,10H,3,8-9H2,1-2H3,(H2,17,19,20). The molecule has 1 aromatic carbocycles. The molecule has 3 rings (SSSR count). The van der Waals surface area contributed by atoms with Crippen molar-refractivity contribution in [3.63, 3.8) is 0 Å². The molecule has 120 valence electrons. The highest BCUT2D eigenvalue weighted by molar-refractivity contribution is 5.81. The van der Waals surface area contributed by atoms with Crippen molar-refractivity contribution in [1.29, 1.82) is 0 Å². The molecule has 0 aliphatic carbocycles. The summed E-state index contributed by atoms with van der Waals surface area (Å²) in [5.41, 5.74) is 8.37. The van der Waals surface area contributed by atoms with E-state index in [-0.39, 0.29) is 6.01 Å². The third-order valence-electron chi connectivity index (χ3n) is 3.59. The number of anilines is 1. The molecular formula is C16H19N5O2. The first-order chi connectivity index (χ1) is 11.2. The number of nitrogens with zero attached hydrogens (tertiary/aromatic N) is 4. The van der Waals surface area contributed by atoms with Crippen LogP contribution >= 0.6 is 0 Å². The fourth-order valence-electron chi connectivity index (χ4n) is 2.29. The molecule has 2 aromatic heterocycles. The van der Waals surface area contributed by atoms with E-state index in [0.717, 1.165) is 24.3 Å². The molecular weight excluding hydrogens is 294 g/mol. The van der Waals surface area contributed by atoms with Crippen LogP contribution in [0.1, 0.15) is 12.5 Å². The first-order valence-electron chi connectivity index (χ1n) is 7.45. The predicted molar refractivity (Wildman–Crippen MR) is 87.6 cm³/mol. The van der Waals surface area contributed by atoms with Gasteiger partial charge in [-0.25, -0.2) is 4.98 Å². The number of hydrogen-bond acceptors (Lipinski definition) is 6. The normalized spacial score (nSPS) is 10.9. The predicted octanol–water partition coefficient (Wildman–Crippen LogP) is 2.06. The lowest BCUT2D eigenvalue weighted by atomic mass is 10.1. The third-order valence-corrected chi connectivity index (χ3v) is 3.59. The zero-order chi connectivity index (χ0) is 16.2. The van der Waals surface area contributed by atoms with E-state index in [1.165, 1.54) is 0 Å². The summed E-state index contributed by atoms with van der Waals surface area (Å²) in [6, 6.07) is 8.14. The Bertz CT molecular complexity index is 798. The number of fused-ring (bicyclic) bond motifs is 1. The van der Waals surface area contributed by atoms with Gasteiger partial charge in [-0.3, -0.25) is 0 Å². The lowest BCUT2D eigenvalue weighted by Gasteiger charge is -2.07. The lowest BCUT2D eigenvalue weighted by Crippen LogP contribution is -2.07. The van der Waals surface area contributed by atoms with Gasteiger partial charge in [0.25, 0.3) is 0 Å². The van der Waals surface area contributed by atoms with Gasteiger partial charge in [-0.2, -0.15) is 9.97 Å².